The van der Waals surface area contributed by atoms with Crippen LogP contribution < -0.4 is 4.74 Å². The maximum atomic E-state index is 12.8. The van der Waals surface area contributed by atoms with Crippen molar-refractivity contribution in [1.29, 1.82) is 0 Å². The number of nitro benzene ring substituents is 1. The van der Waals surface area contributed by atoms with E-state index in [1.54, 1.807) is 26.1 Å². The van der Waals surface area contributed by atoms with Crippen LogP contribution in [0.5, 0.6) is 5.75 Å². The summed E-state index contributed by atoms with van der Waals surface area (Å²) in [4.78, 5) is 24.0. The fourth-order valence-corrected chi connectivity index (χ4v) is 2.12. The minimum Gasteiger partial charge on any atom is -0.484 e. The van der Waals surface area contributed by atoms with Crippen molar-refractivity contribution in [3.05, 3.63) is 70.0 Å². The molecule has 0 aliphatic heterocycles. The molecule has 0 bridgehead atoms. The molecule has 7 heteroatoms. The zero-order chi connectivity index (χ0) is 17.7. The lowest BCUT2D eigenvalue weighted by molar-refractivity contribution is -0.384. The summed E-state index contributed by atoms with van der Waals surface area (Å²) in [5.74, 6) is -0.287. The zero-order valence-electron chi connectivity index (χ0n) is 13.3. The minimum absolute atomic E-state index is 0.0252. The molecule has 2 aromatic rings. The van der Waals surface area contributed by atoms with Crippen molar-refractivity contribution in [2.75, 3.05) is 13.7 Å². The molecule has 1 amide bonds. The van der Waals surface area contributed by atoms with Gasteiger partial charge in [0.15, 0.2) is 6.61 Å². The highest BCUT2D eigenvalue weighted by Crippen LogP contribution is 2.23. The van der Waals surface area contributed by atoms with E-state index in [1.807, 2.05) is 0 Å². The number of non-ortho nitro benzene ring substituents is 1. The number of likely N-dealkylation sites (N-methyl/N-ethyl adjacent to an activating group) is 1. The minimum atomic E-state index is -0.477. The number of rotatable bonds is 6. The van der Waals surface area contributed by atoms with E-state index < -0.39 is 4.92 Å². The van der Waals surface area contributed by atoms with Gasteiger partial charge in [-0.2, -0.15) is 0 Å². The van der Waals surface area contributed by atoms with Crippen molar-refractivity contribution < 1.29 is 18.8 Å². The Kier molecular flexibility index (Phi) is 5.47. The Morgan fingerprint density at radius 1 is 1.29 bits per heavy atom. The van der Waals surface area contributed by atoms with Gasteiger partial charge >= 0.3 is 0 Å². The summed E-state index contributed by atoms with van der Waals surface area (Å²) in [7, 11) is 1.60. The van der Waals surface area contributed by atoms with E-state index in [2.05, 4.69) is 0 Å². The molecule has 0 saturated heterocycles. The van der Waals surface area contributed by atoms with Crippen LogP contribution in [0.3, 0.4) is 0 Å². The van der Waals surface area contributed by atoms with Gasteiger partial charge in [0.1, 0.15) is 11.6 Å². The summed E-state index contributed by atoms with van der Waals surface area (Å²) in [6, 6.07) is 11.2. The topological polar surface area (TPSA) is 72.7 Å². The second-order valence-electron chi connectivity index (χ2n) is 5.28. The van der Waals surface area contributed by atoms with Crippen molar-refractivity contribution in [3.63, 3.8) is 0 Å². The van der Waals surface area contributed by atoms with Crippen molar-refractivity contribution in [2.24, 2.45) is 0 Å². The van der Waals surface area contributed by atoms with Crippen LogP contribution >= 0.6 is 0 Å². The van der Waals surface area contributed by atoms with Crippen molar-refractivity contribution >= 4 is 11.6 Å². The van der Waals surface area contributed by atoms with Gasteiger partial charge in [0.05, 0.1) is 11.0 Å². The molecule has 0 aliphatic rings. The van der Waals surface area contributed by atoms with Gasteiger partial charge in [-0.1, -0.05) is 12.1 Å². The normalized spacial score (nSPS) is 11.6. The zero-order valence-corrected chi connectivity index (χ0v) is 13.3. The molecule has 2 aromatic carbocycles. The Morgan fingerprint density at radius 2 is 1.96 bits per heavy atom. The van der Waals surface area contributed by atoms with Crippen LogP contribution in [0, 0.1) is 15.9 Å². The smallest absolute Gasteiger partial charge is 0.269 e. The van der Waals surface area contributed by atoms with E-state index >= 15 is 0 Å². The van der Waals surface area contributed by atoms with E-state index in [-0.39, 0.29) is 30.1 Å². The summed E-state index contributed by atoms with van der Waals surface area (Å²) >= 11 is 0. The molecular weight excluding hydrogens is 315 g/mol. The Hall–Kier alpha value is -2.96. The molecular formula is C17H17FN2O4. The molecule has 0 saturated carbocycles. The second kappa shape index (κ2) is 7.54. The number of nitrogens with zero attached hydrogens (tertiary/aromatic N) is 2. The molecule has 0 unspecified atom stereocenters. The van der Waals surface area contributed by atoms with Crippen LogP contribution in [-0.2, 0) is 4.79 Å². The number of hydrogen-bond acceptors (Lipinski definition) is 4. The summed E-state index contributed by atoms with van der Waals surface area (Å²) in [5.41, 5.74) is 0.629. The van der Waals surface area contributed by atoms with Gasteiger partial charge < -0.3 is 9.64 Å². The number of amides is 1. The number of nitro groups is 1. The van der Waals surface area contributed by atoms with Gasteiger partial charge in [-0.15, -0.1) is 0 Å². The fourth-order valence-electron chi connectivity index (χ4n) is 2.12. The van der Waals surface area contributed by atoms with Gasteiger partial charge in [-0.05, 0) is 36.8 Å². The predicted octanol–water partition coefficient (Wildman–Crippen LogP) is 3.33. The lowest BCUT2D eigenvalue weighted by atomic mass is 10.1. The summed E-state index contributed by atoms with van der Waals surface area (Å²) in [6.07, 6.45) is 0. The number of ether oxygens (including phenoxy) is 1. The molecule has 0 N–H and O–H groups in total. The van der Waals surface area contributed by atoms with Gasteiger partial charge in [0, 0.05) is 19.2 Å². The Bertz CT molecular complexity index is 734. The summed E-state index contributed by atoms with van der Waals surface area (Å²) in [5, 5.41) is 10.8. The highest BCUT2D eigenvalue weighted by Gasteiger charge is 2.19. The average Bonchev–Trinajstić information content (AvgIpc) is 2.59. The standard InChI is InChI=1S/C17H17FN2O4/c1-12(13-4-3-5-15(10-13)20(22)23)19(2)17(21)11-24-16-8-6-14(18)7-9-16/h3-10,12H,11H2,1-2H3/t12-/m1/s1. The predicted molar refractivity (Wildman–Crippen MR) is 86.2 cm³/mol. The Balaban J connectivity index is 2.00. The lowest BCUT2D eigenvalue weighted by Gasteiger charge is -2.25. The first-order valence-corrected chi connectivity index (χ1v) is 7.27. The maximum absolute atomic E-state index is 12.8. The summed E-state index contributed by atoms with van der Waals surface area (Å²) < 4.78 is 18.1. The number of benzene rings is 2. The monoisotopic (exact) mass is 332 g/mol. The van der Waals surface area contributed by atoms with Crippen molar-refractivity contribution in [1.82, 2.24) is 4.90 Å². The highest BCUT2D eigenvalue weighted by molar-refractivity contribution is 5.78. The van der Waals surface area contributed by atoms with Gasteiger partial charge in [-0.25, -0.2) is 4.39 Å². The highest BCUT2D eigenvalue weighted by atomic mass is 19.1. The van der Waals surface area contributed by atoms with E-state index in [0.29, 0.717) is 11.3 Å². The number of carbonyl (C=O) groups excluding carboxylic acids is 1. The summed E-state index contributed by atoms with van der Waals surface area (Å²) in [6.45, 7) is 1.57. The Morgan fingerprint density at radius 3 is 2.58 bits per heavy atom. The molecule has 2 rings (SSSR count). The largest absolute Gasteiger partial charge is 0.484 e. The molecule has 0 aromatic heterocycles. The quantitative estimate of drug-likeness (QED) is 0.601. The molecule has 24 heavy (non-hydrogen) atoms. The SMILES string of the molecule is C[C@H](c1cccc([N+](=O)[O-])c1)N(C)C(=O)COc1ccc(F)cc1. The first kappa shape index (κ1) is 17.4. The van der Waals surface area contributed by atoms with Gasteiger partial charge in [0.25, 0.3) is 11.6 Å². The van der Waals surface area contributed by atoms with Crippen LogP contribution in [0.4, 0.5) is 10.1 Å². The third kappa shape index (κ3) is 4.28. The molecule has 6 nitrogen and oxygen atoms in total. The lowest BCUT2D eigenvalue weighted by Crippen LogP contribution is -2.33. The third-order valence-corrected chi connectivity index (χ3v) is 3.71. The maximum Gasteiger partial charge on any atom is 0.269 e. The Labute approximate surface area is 138 Å². The first-order valence-electron chi connectivity index (χ1n) is 7.27. The fraction of sp³-hybridized carbons (Fsp3) is 0.235. The van der Waals surface area contributed by atoms with E-state index in [4.69, 9.17) is 4.74 Å². The van der Waals surface area contributed by atoms with Crippen LogP contribution in [0.25, 0.3) is 0 Å². The van der Waals surface area contributed by atoms with Crippen LogP contribution in [0.1, 0.15) is 18.5 Å². The van der Waals surface area contributed by atoms with Gasteiger partial charge in [0.2, 0.25) is 0 Å². The van der Waals surface area contributed by atoms with Crippen LogP contribution in [0.2, 0.25) is 0 Å². The number of hydrogen-bond donors (Lipinski definition) is 0. The molecule has 0 fully saturated rings. The van der Waals surface area contributed by atoms with E-state index in [9.17, 15) is 19.3 Å². The second-order valence-corrected chi connectivity index (χ2v) is 5.28. The van der Waals surface area contributed by atoms with Crippen molar-refractivity contribution in [2.45, 2.75) is 13.0 Å². The molecule has 126 valence electrons. The average molecular weight is 332 g/mol. The van der Waals surface area contributed by atoms with Crippen LogP contribution in [-0.4, -0.2) is 29.4 Å². The first-order chi connectivity index (χ1) is 11.4. The van der Waals surface area contributed by atoms with E-state index in [0.717, 1.165) is 0 Å². The molecule has 0 aliphatic carbocycles. The van der Waals surface area contributed by atoms with Crippen molar-refractivity contribution in [3.8, 4) is 5.75 Å². The third-order valence-electron chi connectivity index (χ3n) is 3.71. The van der Waals surface area contributed by atoms with E-state index in [1.165, 1.54) is 41.3 Å². The van der Waals surface area contributed by atoms with Crippen LogP contribution in [0.15, 0.2) is 48.5 Å². The number of carbonyl (C=O) groups is 1. The number of halogens is 1. The molecule has 0 heterocycles. The molecule has 0 radical (unpaired) electrons. The molecule has 1 atom stereocenters. The molecule has 0 spiro atoms. The van der Waals surface area contributed by atoms with Gasteiger partial charge in [-0.3, -0.25) is 14.9 Å².